The van der Waals surface area contributed by atoms with E-state index < -0.39 is 0 Å². The molecule has 1 amide bonds. The first-order chi connectivity index (χ1) is 9.13. The van der Waals surface area contributed by atoms with Crippen molar-refractivity contribution in [1.82, 2.24) is 20.3 Å². The predicted molar refractivity (Wildman–Crippen MR) is 71.4 cm³/mol. The minimum atomic E-state index is 0.00961. The molecule has 0 atom stereocenters. The molecule has 0 aliphatic heterocycles. The summed E-state index contributed by atoms with van der Waals surface area (Å²) in [6.45, 7) is 6.63. The first kappa shape index (κ1) is 15.6. The minimum absolute atomic E-state index is 0.00961. The fourth-order valence-corrected chi connectivity index (χ4v) is 1.42. The fourth-order valence-electron chi connectivity index (χ4n) is 1.42. The summed E-state index contributed by atoms with van der Waals surface area (Å²) in [4.78, 5) is 11.4. The highest BCUT2D eigenvalue weighted by atomic mass is 16.5. The van der Waals surface area contributed by atoms with Crippen LogP contribution in [0, 0.1) is 5.92 Å². The van der Waals surface area contributed by atoms with Crippen LogP contribution in [0.15, 0.2) is 6.20 Å². The lowest BCUT2D eigenvalue weighted by Crippen LogP contribution is -2.29. The van der Waals surface area contributed by atoms with Crippen molar-refractivity contribution in [3.63, 3.8) is 0 Å². The monoisotopic (exact) mass is 269 g/mol. The normalized spacial score (nSPS) is 10.9. The largest absolute Gasteiger partial charge is 0.378 e. The van der Waals surface area contributed by atoms with Crippen LogP contribution < -0.4 is 11.1 Å². The third kappa shape index (κ3) is 6.30. The van der Waals surface area contributed by atoms with Crippen molar-refractivity contribution >= 4 is 5.91 Å². The van der Waals surface area contributed by atoms with Gasteiger partial charge in [0, 0.05) is 31.6 Å². The van der Waals surface area contributed by atoms with E-state index in [0.717, 1.165) is 5.69 Å². The maximum absolute atomic E-state index is 11.4. The Hall–Kier alpha value is -1.47. The third-order valence-electron chi connectivity index (χ3n) is 2.52. The summed E-state index contributed by atoms with van der Waals surface area (Å²) in [5.41, 5.74) is 6.18. The van der Waals surface area contributed by atoms with Gasteiger partial charge in [0.15, 0.2) is 0 Å². The summed E-state index contributed by atoms with van der Waals surface area (Å²) in [6, 6.07) is 0. The Morgan fingerprint density at radius 1 is 1.53 bits per heavy atom. The molecule has 1 aromatic rings. The van der Waals surface area contributed by atoms with Gasteiger partial charge in [0.25, 0.3) is 0 Å². The van der Waals surface area contributed by atoms with Crippen LogP contribution in [0.25, 0.3) is 0 Å². The molecule has 7 nitrogen and oxygen atoms in total. The van der Waals surface area contributed by atoms with Crippen molar-refractivity contribution in [3.05, 3.63) is 11.9 Å². The van der Waals surface area contributed by atoms with E-state index in [1.165, 1.54) is 0 Å². The van der Waals surface area contributed by atoms with Gasteiger partial charge in [-0.05, 0) is 0 Å². The number of ether oxygens (including phenoxy) is 1. The molecular weight excluding hydrogens is 246 g/mol. The summed E-state index contributed by atoms with van der Waals surface area (Å²) >= 11 is 0. The van der Waals surface area contributed by atoms with Gasteiger partial charge in [0.2, 0.25) is 5.91 Å². The van der Waals surface area contributed by atoms with E-state index in [1.54, 1.807) is 4.68 Å². The van der Waals surface area contributed by atoms with Crippen molar-refractivity contribution in [2.75, 3.05) is 26.3 Å². The lowest BCUT2D eigenvalue weighted by atomic mass is 10.2. The highest BCUT2D eigenvalue weighted by molar-refractivity contribution is 5.77. The topological polar surface area (TPSA) is 95.1 Å². The third-order valence-corrected chi connectivity index (χ3v) is 2.52. The molecular formula is C12H23N5O2. The van der Waals surface area contributed by atoms with Crippen LogP contribution in [-0.4, -0.2) is 47.2 Å². The van der Waals surface area contributed by atoms with Gasteiger partial charge >= 0.3 is 0 Å². The molecule has 0 saturated heterocycles. The Balaban J connectivity index is 2.21. The zero-order chi connectivity index (χ0) is 14.1. The SMILES string of the molecule is CC(C)C(=O)NCCc1cn(CCOCCN)nn1. The molecule has 1 rings (SSSR count). The molecule has 0 radical (unpaired) electrons. The molecule has 3 N–H and O–H groups in total. The molecule has 0 spiro atoms. The maximum atomic E-state index is 11.4. The number of nitrogens with zero attached hydrogens (tertiary/aromatic N) is 3. The molecule has 0 aliphatic rings. The standard InChI is InChI=1S/C12H23N5O2/c1-10(2)12(18)14-5-3-11-9-17(16-15-11)6-8-19-7-4-13/h9-10H,3-8,13H2,1-2H3,(H,14,18). The zero-order valence-electron chi connectivity index (χ0n) is 11.6. The smallest absolute Gasteiger partial charge is 0.222 e. The van der Waals surface area contributed by atoms with Crippen molar-refractivity contribution in [2.24, 2.45) is 11.7 Å². The van der Waals surface area contributed by atoms with Crippen LogP contribution in [0.3, 0.4) is 0 Å². The number of hydrogen-bond acceptors (Lipinski definition) is 5. The summed E-state index contributed by atoms with van der Waals surface area (Å²) < 4.78 is 7.00. The highest BCUT2D eigenvalue weighted by Gasteiger charge is 2.06. The van der Waals surface area contributed by atoms with Crippen LogP contribution in [-0.2, 0) is 22.5 Å². The van der Waals surface area contributed by atoms with Gasteiger partial charge < -0.3 is 15.8 Å². The molecule has 0 fully saturated rings. The predicted octanol–water partition coefficient (Wildman–Crippen LogP) is -0.432. The van der Waals surface area contributed by atoms with E-state index in [4.69, 9.17) is 10.5 Å². The van der Waals surface area contributed by atoms with E-state index in [9.17, 15) is 4.79 Å². The van der Waals surface area contributed by atoms with E-state index in [1.807, 2.05) is 20.0 Å². The molecule has 0 bridgehead atoms. The molecule has 0 saturated carbocycles. The number of hydrogen-bond donors (Lipinski definition) is 2. The van der Waals surface area contributed by atoms with Crippen molar-refractivity contribution < 1.29 is 9.53 Å². The lowest BCUT2D eigenvalue weighted by Gasteiger charge is -2.05. The lowest BCUT2D eigenvalue weighted by molar-refractivity contribution is -0.123. The van der Waals surface area contributed by atoms with E-state index in [2.05, 4.69) is 15.6 Å². The van der Waals surface area contributed by atoms with Crippen molar-refractivity contribution in [2.45, 2.75) is 26.8 Å². The summed E-state index contributed by atoms with van der Waals surface area (Å²) in [6.07, 6.45) is 2.55. The fraction of sp³-hybridized carbons (Fsp3) is 0.750. The number of carbonyl (C=O) groups excluding carboxylic acids is 1. The van der Waals surface area contributed by atoms with Gasteiger partial charge in [-0.25, -0.2) is 4.68 Å². The van der Waals surface area contributed by atoms with Crippen LogP contribution in [0.2, 0.25) is 0 Å². The molecule has 1 heterocycles. The number of amides is 1. The molecule has 0 aliphatic carbocycles. The van der Waals surface area contributed by atoms with Gasteiger partial charge in [-0.2, -0.15) is 0 Å². The second-order valence-electron chi connectivity index (χ2n) is 4.57. The zero-order valence-corrected chi connectivity index (χ0v) is 11.6. The van der Waals surface area contributed by atoms with Gasteiger partial charge in [-0.1, -0.05) is 19.1 Å². The van der Waals surface area contributed by atoms with Crippen LogP contribution in [0.1, 0.15) is 19.5 Å². The maximum Gasteiger partial charge on any atom is 0.222 e. The number of nitrogens with two attached hydrogens (primary N) is 1. The molecule has 0 unspecified atom stereocenters. The molecule has 7 heteroatoms. The van der Waals surface area contributed by atoms with E-state index in [0.29, 0.717) is 39.3 Å². The Morgan fingerprint density at radius 2 is 2.32 bits per heavy atom. The van der Waals surface area contributed by atoms with E-state index >= 15 is 0 Å². The summed E-state index contributed by atoms with van der Waals surface area (Å²) in [5, 5.41) is 10.9. The van der Waals surface area contributed by atoms with Gasteiger partial charge in [0.1, 0.15) is 0 Å². The first-order valence-electron chi connectivity index (χ1n) is 6.58. The second-order valence-corrected chi connectivity index (χ2v) is 4.57. The summed E-state index contributed by atoms with van der Waals surface area (Å²) in [5.74, 6) is 0.0675. The quantitative estimate of drug-likeness (QED) is 0.593. The Kier molecular flexibility index (Phi) is 7.06. The number of aromatic nitrogens is 3. The van der Waals surface area contributed by atoms with Crippen LogP contribution >= 0.6 is 0 Å². The molecule has 1 aromatic heterocycles. The Labute approximate surface area is 113 Å². The van der Waals surface area contributed by atoms with Crippen molar-refractivity contribution in [3.8, 4) is 0 Å². The Morgan fingerprint density at radius 3 is 3.00 bits per heavy atom. The van der Waals surface area contributed by atoms with E-state index in [-0.39, 0.29) is 11.8 Å². The molecule has 108 valence electrons. The number of carbonyl (C=O) groups is 1. The van der Waals surface area contributed by atoms with Crippen LogP contribution in [0.4, 0.5) is 0 Å². The average Bonchev–Trinajstić information content (AvgIpc) is 2.82. The number of rotatable bonds is 9. The summed E-state index contributed by atoms with van der Waals surface area (Å²) in [7, 11) is 0. The average molecular weight is 269 g/mol. The van der Waals surface area contributed by atoms with Crippen LogP contribution in [0.5, 0.6) is 0 Å². The molecule has 0 aromatic carbocycles. The minimum Gasteiger partial charge on any atom is -0.378 e. The highest BCUT2D eigenvalue weighted by Crippen LogP contribution is 1.95. The van der Waals surface area contributed by atoms with Gasteiger partial charge in [-0.3, -0.25) is 4.79 Å². The van der Waals surface area contributed by atoms with Gasteiger partial charge in [0.05, 0.1) is 25.5 Å². The number of nitrogens with one attached hydrogen (secondary N) is 1. The molecule has 19 heavy (non-hydrogen) atoms. The second kappa shape index (κ2) is 8.60. The first-order valence-corrected chi connectivity index (χ1v) is 6.58. The van der Waals surface area contributed by atoms with Gasteiger partial charge in [-0.15, -0.1) is 5.10 Å². The van der Waals surface area contributed by atoms with Crippen molar-refractivity contribution in [1.29, 1.82) is 0 Å². The Bertz CT molecular complexity index is 378.